The summed E-state index contributed by atoms with van der Waals surface area (Å²) in [6.45, 7) is 4.38. The molecule has 1 saturated heterocycles. The van der Waals surface area contributed by atoms with Crippen LogP contribution in [0.1, 0.15) is 26.2 Å². The molecule has 2 aliphatic rings. The van der Waals surface area contributed by atoms with Crippen LogP contribution < -0.4 is 0 Å². The number of hydrogen-bond acceptors (Lipinski definition) is 3. The molecule has 78 valence electrons. The molecule has 3 heteroatoms. The summed E-state index contributed by atoms with van der Waals surface area (Å²) in [5.41, 5.74) is 1.08. The molecule has 14 heavy (non-hydrogen) atoms. The number of rotatable bonds is 2. The maximum atomic E-state index is 11.8. The number of carbonyl (C=O) groups is 1. The molecular weight excluding hydrogens is 194 g/mol. The number of fused-ring (bicyclic) bond motifs is 1. The molecule has 0 aromatic rings. The molecule has 0 aromatic heterocycles. The van der Waals surface area contributed by atoms with Crippen LogP contribution in [0.3, 0.4) is 0 Å². The molecule has 0 radical (unpaired) electrons. The first-order valence-corrected chi connectivity index (χ1v) is 6.42. The van der Waals surface area contributed by atoms with Gasteiger partial charge in [0.05, 0.1) is 0 Å². The van der Waals surface area contributed by atoms with Crippen molar-refractivity contribution in [1.29, 1.82) is 0 Å². The average Bonchev–Trinajstić information content (AvgIpc) is 2.65. The van der Waals surface area contributed by atoms with Gasteiger partial charge >= 0.3 is 0 Å². The first-order valence-electron chi connectivity index (χ1n) is 5.44. The van der Waals surface area contributed by atoms with E-state index in [1.807, 2.05) is 6.92 Å². The Morgan fingerprint density at radius 2 is 2.50 bits per heavy atom. The Labute approximate surface area is 89.7 Å². The van der Waals surface area contributed by atoms with Crippen molar-refractivity contribution >= 4 is 16.9 Å². The van der Waals surface area contributed by atoms with Crippen LogP contribution in [0.4, 0.5) is 0 Å². The monoisotopic (exact) mass is 211 g/mol. The number of thioether (sulfide) groups is 1. The summed E-state index contributed by atoms with van der Waals surface area (Å²) in [5.74, 6) is 0.892. The highest BCUT2D eigenvalue weighted by Gasteiger charge is 2.32. The molecule has 1 fully saturated rings. The van der Waals surface area contributed by atoms with Gasteiger partial charge in [-0.2, -0.15) is 0 Å². The zero-order valence-corrected chi connectivity index (χ0v) is 9.48. The molecule has 0 saturated carbocycles. The molecule has 0 aliphatic carbocycles. The summed E-state index contributed by atoms with van der Waals surface area (Å²) < 4.78 is 0. The van der Waals surface area contributed by atoms with E-state index in [0.29, 0.717) is 11.2 Å². The molecule has 2 nitrogen and oxygen atoms in total. The quantitative estimate of drug-likeness (QED) is 0.697. The number of nitrogens with zero attached hydrogens (tertiary/aromatic N) is 1. The minimum absolute atomic E-state index is 0.309. The Morgan fingerprint density at radius 1 is 1.64 bits per heavy atom. The normalized spacial score (nSPS) is 27.2. The third-order valence-corrected chi connectivity index (χ3v) is 3.80. The molecule has 0 bridgehead atoms. The van der Waals surface area contributed by atoms with Gasteiger partial charge in [0.15, 0.2) is 0 Å². The van der Waals surface area contributed by atoms with Gasteiger partial charge in [0.2, 0.25) is 5.12 Å². The van der Waals surface area contributed by atoms with Crippen LogP contribution in [-0.2, 0) is 4.79 Å². The average molecular weight is 211 g/mol. The van der Waals surface area contributed by atoms with Gasteiger partial charge in [-0.1, -0.05) is 24.8 Å². The van der Waals surface area contributed by atoms with Crippen molar-refractivity contribution in [1.82, 2.24) is 4.90 Å². The smallest absolute Gasteiger partial charge is 0.216 e. The van der Waals surface area contributed by atoms with E-state index >= 15 is 0 Å². The second-order valence-electron chi connectivity index (χ2n) is 3.86. The van der Waals surface area contributed by atoms with Crippen LogP contribution in [0.15, 0.2) is 11.6 Å². The third kappa shape index (κ3) is 1.89. The second kappa shape index (κ2) is 4.49. The highest BCUT2D eigenvalue weighted by Crippen LogP contribution is 2.30. The summed E-state index contributed by atoms with van der Waals surface area (Å²) in [6, 6.07) is 0.454. The van der Waals surface area contributed by atoms with Crippen LogP contribution in [0.25, 0.3) is 0 Å². The van der Waals surface area contributed by atoms with E-state index in [4.69, 9.17) is 0 Å². The van der Waals surface area contributed by atoms with Gasteiger partial charge in [0.1, 0.15) is 0 Å². The highest BCUT2D eigenvalue weighted by atomic mass is 32.2. The Hall–Kier alpha value is -0.280. The van der Waals surface area contributed by atoms with Gasteiger partial charge in [0, 0.05) is 18.2 Å². The standard InChI is InChI=1S/C11H17NOS/c1-2-14-11(13)9-5-3-7-12-8-4-6-10(9)12/h5,10H,2-4,6-8H2,1H3/t10-/m0/s1. The van der Waals surface area contributed by atoms with Crippen molar-refractivity contribution in [2.24, 2.45) is 0 Å². The lowest BCUT2D eigenvalue weighted by molar-refractivity contribution is -0.108. The summed E-state index contributed by atoms with van der Waals surface area (Å²) in [5, 5.41) is 0.309. The lowest BCUT2D eigenvalue weighted by atomic mass is 10.0. The first-order chi connectivity index (χ1) is 6.83. The zero-order chi connectivity index (χ0) is 9.97. The maximum absolute atomic E-state index is 11.8. The van der Waals surface area contributed by atoms with Crippen LogP contribution in [0, 0.1) is 0 Å². The maximum Gasteiger partial charge on any atom is 0.216 e. The van der Waals surface area contributed by atoms with E-state index in [2.05, 4.69) is 11.0 Å². The third-order valence-electron chi connectivity index (χ3n) is 3.01. The highest BCUT2D eigenvalue weighted by molar-refractivity contribution is 8.14. The second-order valence-corrected chi connectivity index (χ2v) is 5.10. The first kappa shape index (κ1) is 10.2. The molecule has 0 unspecified atom stereocenters. The zero-order valence-electron chi connectivity index (χ0n) is 8.66. The summed E-state index contributed by atoms with van der Waals surface area (Å²) in [4.78, 5) is 14.3. The van der Waals surface area contributed by atoms with Crippen molar-refractivity contribution in [2.45, 2.75) is 32.2 Å². The fraction of sp³-hybridized carbons (Fsp3) is 0.727. The summed E-state index contributed by atoms with van der Waals surface area (Å²) in [7, 11) is 0. The van der Waals surface area contributed by atoms with Crippen LogP contribution in [0.5, 0.6) is 0 Å². The fourth-order valence-corrected chi connectivity index (χ4v) is 3.05. The Morgan fingerprint density at radius 3 is 3.29 bits per heavy atom. The van der Waals surface area contributed by atoms with Crippen molar-refractivity contribution in [3.8, 4) is 0 Å². The number of carbonyl (C=O) groups excluding carboxylic acids is 1. The Bertz CT molecular complexity index is 262. The van der Waals surface area contributed by atoms with Crippen LogP contribution in [-0.4, -0.2) is 34.9 Å². The van der Waals surface area contributed by atoms with E-state index in [1.54, 1.807) is 0 Å². The molecule has 1 atom stereocenters. The van der Waals surface area contributed by atoms with E-state index in [-0.39, 0.29) is 0 Å². The molecule has 0 N–H and O–H groups in total. The van der Waals surface area contributed by atoms with E-state index < -0.39 is 0 Å². The van der Waals surface area contributed by atoms with Gasteiger partial charge in [-0.3, -0.25) is 9.69 Å². The van der Waals surface area contributed by atoms with Gasteiger partial charge < -0.3 is 0 Å². The largest absolute Gasteiger partial charge is 0.296 e. The van der Waals surface area contributed by atoms with Crippen LogP contribution >= 0.6 is 11.8 Å². The predicted molar refractivity (Wildman–Crippen MR) is 60.4 cm³/mol. The molecule has 2 heterocycles. The molecule has 2 rings (SSSR count). The molecule has 0 amide bonds. The summed E-state index contributed by atoms with van der Waals surface area (Å²) in [6.07, 6.45) is 5.66. The van der Waals surface area contributed by atoms with Gasteiger partial charge in [-0.05, 0) is 31.6 Å². The predicted octanol–water partition coefficient (Wildman–Crippen LogP) is 2.06. The van der Waals surface area contributed by atoms with Gasteiger partial charge in [-0.25, -0.2) is 0 Å². The van der Waals surface area contributed by atoms with Crippen molar-refractivity contribution in [3.63, 3.8) is 0 Å². The number of hydrogen-bond donors (Lipinski definition) is 0. The van der Waals surface area contributed by atoms with Crippen molar-refractivity contribution in [3.05, 3.63) is 11.6 Å². The van der Waals surface area contributed by atoms with E-state index in [1.165, 1.54) is 31.1 Å². The van der Waals surface area contributed by atoms with Crippen molar-refractivity contribution in [2.75, 3.05) is 18.8 Å². The SMILES string of the molecule is CCSC(=O)C1=CCCN2CCC[C@@H]12. The topological polar surface area (TPSA) is 20.3 Å². The van der Waals surface area contributed by atoms with E-state index in [9.17, 15) is 4.79 Å². The summed E-state index contributed by atoms with van der Waals surface area (Å²) >= 11 is 1.45. The Kier molecular flexibility index (Phi) is 3.29. The van der Waals surface area contributed by atoms with E-state index in [0.717, 1.165) is 24.3 Å². The molecule has 2 aliphatic heterocycles. The van der Waals surface area contributed by atoms with Gasteiger partial charge in [-0.15, -0.1) is 0 Å². The minimum Gasteiger partial charge on any atom is -0.296 e. The lowest BCUT2D eigenvalue weighted by Crippen LogP contribution is -2.36. The van der Waals surface area contributed by atoms with Crippen molar-refractivity contribution < 1.29 is 4.79 Å². The van der Waals surface area contributed by atoms with Crippen LogP contribution in [0.2, 0.25) is 0 Å². The molecule has 0 spiro atoms. The molecular formula is C11H17NOS. The molecule has 0 aromatic carbocycles. The van der Waals surface area contributed by atoms with Gasteiger partial charge in [0.25, 0.3) is 0 Å². The fourth-order valence-electron chi connectivity index (χ4n) is 2.40. The Balaban J connectivity index is 2.09. The minimum atomic E-state index is 0.309. The lowest BCUT2D eigenvalue weighted by Gasteiger charge is -2.29.